The third-order valence-electron chi connectivity index (χ3n) is 6.50. The summed E-state index contributed by atoms with van der Waals surface area (Å²) < 4.78 is 6.21. The van der Waals surface area contributed by atoms with E-state index in [1.54, 1.807) is 12.3 Å². The Kier molecular flexibility index (Phi) is 6.02. The number of hydrogen-bond acceptors (Lipinski definition) is 5. The van der Waals surface area contributed by atoms with Crippen LogP contribution in [0.15, 0.2) is 66.9 Å². The van der Waals surface area contributed by atoms with Gasteiger partial charge in [0, 0.05) is 40.9 Å². The average molecular weight is 457 g/mol. The molecule has 1 aliphatic rings. The highest BCUT2D eigenvalue weighted by Crippen LogP contribution is 2.33. The van der Waals surface area contributed by atoms with E-state index in [0.29, 0.717) is 12.0 Å². The Morgan fingerprint density at radius 1 is 1.21 bits per heavy atom. The van der Waals surface area contributed by atoms with E-state index in [1.807, 2.05) is 61.5 Å². The number of aromatic amines is 1. The molecule has 0 aliphatic heterocycles. The van der Waals surface area contributed by atoms with Crippen molar-refractivity contribution in [3.63, 3.8) is 0 Å². The Morgan fingerprint density at radius 3 is 2.85 bits per heavy atom. The first-order valence-electron chi connectivity index (χ1n) is 11.6. The molecule has 0 radical (unpaired) electrons. The number of ether oxygens (including phenoxy) is 1. The second-order valence-electron chi connectivity index (χ2n) is 9.04. The molecule has 4 aromatic rings. The number of H-pyrrole nitrogens is 1. The number of para-hydroxylation sites is 1. The third-order valence-corrected chi connectivity index (χ3v) is 6.50. The lowest BCUT2D eigenvalue weighted by Crippen LogP contribution is -2.51. The summed E-state index contributed by atoms with van der Waals surface area (Å²) in [6, 6.07) is 18.9. The zero-order valence-electron chi connectivity index (χ0n) is 19.1. The Morgan fingerprint density at radius 2 is 2.06 bits per heavy atom. The summed E-state index contributed by atoms with van der Waals surface area (Å²) in [6.45, 7) is 1.85. The van der Waals surface area contributed by atoms with Gasteiger partial charge in [0.2, 0.25) is 0 Å². The van der Waals surface area contributed by atoms with Crippen molar-refractivity contribution in [2.45, 2.75) is 44.2 Å². The molecule has 7 nitrogen and oxygen atoms in total. The highest BCUT2D eigenvalue weighted by Gasteiger charge is 2.38. The number of fused-ring (bicyclic) bond motifs is 1. The fraction of sp³-hybridized carbons (Fsp3) is 0.296. The van der Waals surface area contributed by atoms with Crippen LogP contribution in [0.25, 0.3) is 22.2 Å². The van der Waals surface area contributed by atoms with E-state index < -0.39 is 5.60 Å². The van der Waals surface area contributed by atoms with Crippen LogP contribution in [0.5, 0.6) is 5.75 Å². The van der Waals surface area contributed by atoms with Crippen molar-refractivity contribution < 1.29 is 14.6 Å². The lowest BCUT2D eigenvalue weighted by atomic mass is 9.82. The van der Waals surface area contributed by atoms with Gasteiger partial charge in [0.1, 0.15) is 17.0 Å². The summed E-state index contributed by atoms with van der Waals surface area (Å²) >= 11 is 0. The zero-order valence-corrected chi connectivity index (χ0v) is 19.1. The van der Waals surface area contributed by atoms with Crippen LogP contribution in [0.2, 0.25) is 0 Å². The SMILES string of the molecule is Cc1cc(-c2n[nH]c3ccc(C(=O)NC4CCCC(CO)(Oc5ccccc5)C4)cc23)ccn1. The first-order chi connectivity index (χ1) is 16.5. The number of benzene rings is 2. The molecule has 2 unspecified atom stereocenters. The fourth-order valence-electron chi connectivity index (χ4n) is 4.79. The van der Waals surface area contributed by atoms with Gasteiger partial charge in [-0.2, -0.15) is 5.10 Å². The molecule has 1 aliphatic carbocycles. The van der Waals surface area contributed by atoms with Crippen molar-refractivity contribution in [1.29, 1.82) is 0 Å². The van der Waals surface area contributed by atoms with Crippen molar-refractivity contribution in [3.8, 4) is 17.0 Å². The molecule has 3 N–H and O–H groups in total. The summed E-state index contributed by atoms with van der Waals surface area (Å²) in [6.07, 6.45) is 4.78. The van der Waals surface area contributed by atoms with E-state index in [1.165, 1.54) is 0 Å². The maximum atomic E-state index is 13.2. The second kappa shape index (κ2) is 9.27. The number of rotatable bonds is 6. The van der Waals surface area contributed by atoms with Gasteiger partial charge < -0.3 is 15.2 Å². The van der Waals surface area contributed by atoms with Crippen LogP contribution < -0.4 is 10.1 Å². The molecule has 7 heteroatoms. The number of carbonyl (C=O) groups excluding carboxylic acids is 1. The lowest BCUT2D eigenvalue weighted by molar-refractivity contribution is -0.0281. The van der Waals surface area contributed by atoms with Gasteiger partial charge in [-0.25, -0.2) is 0 Å². The minimum absolute atomic E-state index is 0.0838. The Labute approximate surface area is 198 Å². The number of nitrogens with zero attached hydrogens (tertiary/aromatic N) is 2. The number of aryl methyl sites for hydroxylation is 1. The van der Waals surface area contributed by atoms with Crippen molar-refractivity contribution in [2.75, 3.05) is 6.61 Å². The Hall–Kier alpha value is -3.71. The van der Waals surface area contributed by atoms with Crippen LogP contribution in [0.4, 0.5) is 0 Å². The van der Waals surface area contributed by atoms with Gasteiger partial charge in [-0.3, -0.25) is 14.9 Å². The van der Waals surface area contributed by atoms with Crippen molar-refractivity contribution >= 4 is 16.8 Å². The van der Waals surface area contributed by atoms with Crippen LogP contribution in [0.1, 0.15) is 41.7 Å². The second-order valence-corrected chi connectivity index (χ2v) is 9.04. The first-order valence-corrected chi connectivity index (χ1v) is 11.6. The van der Waals surface area contributed by atoms with Gasteiger partial charge in [-0.05, 0) is 68.7 Å². The Bertz CT molecular complexity index is 1300. The van der Waals surface area contributed by atoms with Crippen molar-refractivity contribution in [3.05, 3.63) is 78.1 Å². The topological polar surface area (TPSA) is 100 Å². The smallest absolute Gasteiger partial charge is 0.251 e. The molecule has 2 heterocycles. The average Bonchev–Trinajstić information content (AvgIpc) is 3.28. The molecule has 0 spiro atoms. The summed E-state index contributed by atoms with van der Waals surface area (Å²) in [5.74, 6) is 0.589. The van der Waals surface area contributed by atoms with Gasteiger partial charge in [-0.15, -0.1) is 0 Å². The molecule has 2 aromatic carbocycles. The molecular weight excluding hydrogens is 428 g/mol. The summed E-state index contributed by atoms with van der Waals surface area (Å²) in [5.41, 5.74) is 3.40. The largest absolute Gasteiger partial charge is 0.485 e. The number of aliphatic hydroxyl groups excluding tert-OH is 1. The van der Waals surface area contributed by atoms with E-state index in [-0.39, 0.29) is 18.6 Å². The highest BCUT2D eigenvalue weighted by atomic mass is 16.5. The van der Waals surface area contributed by atoms with Gasteiger partial charge in [0.25, 0.3) is 5.91 Å². The number of nitrogens with one attached hydrogen (secondary N) is 2. The summed E-state index contributed by atoms with van der Waals surface area (Å²) in [7, 11) is 0. The predicted molar refractivity (Wildman–Crippen MR) is 131 cm³/mol. The van der Waals surface area contributed by atoms with Crippen LogP contribution in [0.3, 0.4) is 0 Å². The molecular formula is C27H28N4O3. The van der Waals surface area contributed by atoms with Crippen molar-refractivity contribution in [2.24, 2.45) is 0 Å². The van der Waals surface area contributed by atoms with Gasteiger partial charge in [-0.1, -0.05) is 18.2 Å². The van der Waals surface area contributed by atoms with E-state index in [9.17, 15) is 9.90 Å². The molecule has 0 saturated heterocycles. The Balaban J connectivity index is 1.34. The maximum Gasteiger partial charge on any atom is 0.251 e. The van der Waals surface area contributed by atoms with Gasteiger partial charge in [0.15, 0.2) is 0 Å². The third kappa shape index (κ3) is 4.52. The first kappa shape index (κ1) is 22.1. The standard InChI is InChI=1S/C27H28N4O3/c1-18-14-19(11-13-28-18)25-23-15-20(9-10-24(23)30-31-25)26(33)29-21-6-5-12-27(16-21,17-32)34-22-7-3-2-4-8-22/h2-4,7-11,13-15,21,32H,5-6,12,16-17H2,1H3,(H,29,33)(H,30,31). The van der Waals surface area contributed by atoms with Crippen LogP contribution >= 0.6 is 0 Å². The fourth-order valence-corrected chi connectivity index (χ4v) is 4.79. The minimum Gasteiger partial charge on any atom is -0.485 e. The van der Waals surface area contributed by atoms with Gasteiger partial charge >= 0.3 is 0 Å². The zero-order chi connectivity index (χ0) is 23.5. The van der Waals surface area contributed by atoms with E-state index in [0.717, 1.165) is 52.9 Å². The van der Waals surface area contributed by atoms with Crippen LogP contribution in [-0.2, 0) is 0 Å². The molecule has 2 aromatic heterocycles. The van der Waals surface area contributed by atoms with Gasteiger partial charge in [0.05, 0.1) is 12.1 Å². The number of hydrogen-bond donors (Lipinski definition) is 3. The number of carbonyl (C=O) groups is 1. The monoisotopic (exact) mass is 456 g/mol. The maximum absolute atomic E-state index is 13.2. The lowest BCUT2D eigenvalue weighted by Gasteiger charge is -2.40. The molecule has 34 heavy (non-hydrogen) atoms. The van der Waals surface area contributed by atoms with E-state index in [4.69, 9.17) is 4.74 Å². The predicted octanol–water partition coefficient (Wildman–Crippen LogP) is 4.42. The molecule has 0 bridgehead atoms. The van der Waals surface area contributed by atoms with Crippen LogP contribution in [0, 0.1) is 6.92 Å². The number of pyridine rings is 1. The molecule has 1 amide bonds. The number of aliphatic hydroxyl groups is 1. The number of amides is 1. The van der Waals surface area contributed by atoms with Crippen molar-refractivity contribution in [1.82, 2.24) is 20.5 Å². The highest BCUT2D eigenvalue weighted by molar-refractivity contribution is 6.01. The minimum atomic E-state index is -0.696. The molecule has 1 fully saturated rings. The van der Waals surface area contributed by atoms with E-state index >= 15 is 0 Å². The molecule has 1 saturated carbocycles. The summed E-state index contributed by atoms with van der Waals surface area (Å²) in [4.78, 5) is 17.4. The normalized spacial score (nSPS) is 20.2. The van der Waals surface area contributed by atoms with Crippen LogP contribution in [-0.4, -0.2) is 44.4 Å². The quantitative estimate of drug-likeness (QED) is 0.399. The molecule has 174 valence electrons. The van der Waals surface area contributed by atoms with E-state index in [2.05, 4.69) is 20.5 Å². The molecule has 2 atom stereocenters. The molecule has 5 rings (SSSR count). The number of aromatic nitrogens is 3. The summed E-state index contributed by atoms with van der Waals surface area (Å²) in [5, 5.41) is 21.7.